The number of methoxy groups -OCH3 is 1. The van der Waals surface area contributed by atoms with Gasteiger partial charge in [0, 0.05) is 45.5 Å². The number of aliphatic hydroxyl groups excluding tert-OH is 1. The maximum atomic E-state index is 11.7. The van der Waals surface area contributed by atoms with Gasteiger partial charge in [0.15, 0.2) is 5.79 Å². The monoisotopic (exact) mass is 467 g/mol. The lowest BCUT2D eigenvalue weighted by Crippen LogP contribution is -2.57. The largest absolute Gasteiger partial charge is 0.469 e. The molecule has 0 aromatic carbocycles. The van der Waals surface area contributed by atoms with E-state index < -0.39 is 7.26 Å². The van der Waals surface area contributed by atoms with E-state index in [9.17, 15) is 9.90 Å². The summed E-state index contributed by atoms with van der Waals surface area (Å²) in [6, 6.07) is 0. The lowest BCUT2D eigenvalue weighted by Gasteiger charge is -2.59. The van der Waals surface area contributed by atoms with Gasteiger partial charge in [-0.05, 0) is 55.3 Å². The van der Waals surface area contributed by atoms with Crippen molar-refractivity contribution >= 4 is 13.2 Å². The van der Waals surface area contributed by atoms with Crippen molar-refractivity contribution in [2.24, 2.45) is 29.1 Å². The lowest BCUT2D eigenvalue weighted by molar-refractivity contribution is -0.168. The second kappa shape index (κ2) is 8.47. The molecule has 3 heterocycles. The van der Waals surface area contributed by atoms with Crippen LogP contribution in [-0.2, 0) is 19.0 Å². The summed E-state index contributed by atoms with van der Waals surface area (Å²) in [5, 5.41) is 11.6. The van der Waals surface area contributed by atoms with Gasteiger partial charge in [-0.1, -0.05) is 13.8 Å². The zero-order valence-corrected chi connectivity index (χ0v) is 21.4. The van der Waals surface area contributed by atoms with E-state index in [2.05, 4.69) is 20.5 Å². The lowest BCUT2D eigenvalue weighted by atomic mass is 9.57. The molecule has 2 aliphatic carbocycles. The molecule has 182 valence electrons. The minimum atomic E-state index is -1.15. The summed E-state index contributed by atoms with van der Waals surface area (Å²) in [4.78, 5) is 11.7. The number of esters is 1. The summed E-state index contributed by atoms with van der Waals surface area (Å²) < 4.78 is 17.1. The molecule has 0 aromatic heterocycles. The van der Waals surface area contributed by atoms with Crippen LogP contribution >= 0.6 is 7.26 Å². The molecule has 0 radical (unpaired) electrons. The van der Waals surface area contributed by atoms with Crippen molar-refractivity contribution in [1.82, 2.24) is 0 Å². The zero-order chi connectivity index (χ0) is 22.7. The molecule has 3 aliphatic heterocycles. The first-order valence-corrected chi connectivity index (χ1v) is 15.7. The van der Waals surface area contributed by atoms with Crippen molar-refractivity contribution in [3.05, 3.63) is 0 Å². The molecule has 0 amide bonds. The quantitative estimate of drug-likeness (QED) is 0.479. The average Bonchev–Trinajstić information content (AvgIpc) is 3.37. The minimum absolute atomic E-state index is 0.0861. The van der Waals surface area contributed by atoms with Gasteiger partial charge < -0.3 is 19.3 Å². The molecule has 5 aliphatic rings. The van der Waals surface area contributed by atoms with E-state index >= 15 is 0 Å². The van der Waals surface area contributed by atoms with Gasteiger partial charge in [0.2, 0.25) is 0 Å². The Hall–Kier alpha value is -0.220. The number of hydrogen-bond acceptors (Lipinski definition) is 5. The topological polar surface area (TPSA) is 65.0 Å². The van der Waals surface area contributed by atoms with Gasteiger partial charge in [-0.15, -0.1) is 0 Å². The summed E-state index contributed by atoms with van der Waals surface area (Å²) in [5.74, 6) is 1.87. The van der Waals surface area contributed by atoms with Crippen LogP contribution in [0.2, 0.25) is 0 Å². The minimum Gasteiger partial charge on any atom is -0.469 e. The number of fused-ring (bicyclic) bond motifs is 5. The standard InChI is InChI=1S/C26H44O5P/c1-17(5-8-23(28)29-3)19-6-7-20-24-21(27)15-18-16-26(30-12-13-31-26)11-14-32(18,4)22(24)9-10-25(19,20)2/h17-22,24,27H,5-16H2,1-4H3/q+1/t17-,18+,19?,20?,21-,22?,24?,25?,32?/m1/s1. The van der Waals surface area contributed by atoms with E-state index in [0.717, 1.165) is 44.6 Å². The molecular formula is C26H44O5P+. The first-order valence-electron chi connectivity index (χ1n) is 13.1. The molecule has 9 atom stereocenters. The molecule has 0 bridgehead atoms. The fourth-order valence-corrected chi connectivity index (χ4v) is 14.6. The van der Waals surface area contributed by atoms with Crippen LogP contribution in [0.3, 0.4) is 0 Å². The predicted octanol–water partition coefficient (Wildman–Crippen LogP) is 4.70. The third-order valence-corrected chi connectivity index (χ3v) is 16.3. The highest BCUT2D eigenvalue weighted by Gasteiger charge is 2.68. The number of ether oxygens (including phenoxy) is 3. The van der Waals surface area contributed by atoms with Gasteiger partial charge in [0.1, 0.15) is 0 Å². The number of carbonyl (C=O) groups excluding carboxylic acids is 1. The Morgan fingerprint density at radius 3 is 2.69 bits per heavy atom. The van der Waals surface area contributed by atoms with Gasteiger partial charge in [-0.3, -0.25) is 4.79 Å². The van der Waals surface area contributed by atoms with Crippen LogP contribution in [0.5, 0.6) is 0 Å². The maximum Gasteiger partial charge on any atom is 0.305 e. The van der Waals surface area contributed by atoms with Gasteiger partial charge in [-0.25, -0.2) is 0 Å². The highest BCUT2D eigenvalue weighted by molar-refractivity contribution is 7.76. The molecule has 6 unspecified atom stereocenters. The molecule has 1 spiro atoms. The second-order valence-corrected chi connectivity index (χ2v) is 16.7. The van der Waals surface area contributed by atoms with Gasteiger partial charge >= 0.3 is 5.97 Å². The molecule has 5 nitrogen and oxygen atoms in total. The van der Waals surface area contributed by atoms with Crippen LogP contribution in [0.15, 0.2) is 0 Å². The van der Waals surface area contributed by atoms with E-state index in [0.29, 0.717) is 41.2 Å². The zero-order valence-electron chi connectivity index (χ0n) is 20.6. The van der Waals surface area contributed by atoms with E-state index in [1.165, 1.54) is 39.0 Å². The second-order valence-electron chi connectivity index (χ2n) is 12.2. The number of rotatable bonds is 4. The smallest absolute Gasteiger partial charge is 0.305 e. The highest BCUT2D eigenvalue weighted by Crippen LogP contribution is 2.79. The van der Waals surface area contributed by atoms with Crippen molar-refractivity contribution < 1.29 is 24.1 Å². The Balaban J connectivity index is 1.33. The van der Waals surface area contributed by atoms with Crippen LogP contribution in [0.4, 0.5) is 0 Å². The average molecular weight is 468 g/mol. The molecule has 5 rings (SSSR count). The summed E-state index contributed by atoms with van der Waals surface area (Å²) >= 11 is 0. The maximum absolute atomic E-state index is 11.7. The van der Waals surface area contributed by atoms with Crippen LogP contribution in [0, 0.1) is 29.1 Å². The van der Waals surface area contributed by atoms with Crippen LogP contribution in [-0.4, -0.2) is 67.4 Å². The Morgan fingerprint density at radius 2 is 1.97 bits per heavy atom. The molecule has 3 saturated heterocycles. The third-order valence-electron chi connectivity index (χ3n) is 11.0. The van der Waals surface area contributed by atoms with Crippen LogP contribution < -0.4 is 0 Å². The summed E-state index contributed by atoms with van der Waals surface area (Å²) in [6.45, 7) is 8.96. The van der Waals surface area contributed by atoms with Crippen molar-refractivity contribution in [1.29, 1.82) is 0 Å². The fourth-order valence-electron chi connectivity index (χ4n) is 9.23. The molecule has 32 heavy (non-hydrogen) atoms. The van der Waals surface area contributed by atoms with Crippen molar-refractivity contribution in [2.75, 3.05) is 33.2 Å². The van der Waals surface area contributed by atoms with E-state index in [1.54, 1.807) is 0 Å². The van der Waals surface area contributed by atoms with Crippen molar-refractivity contribution in [3.8, 4) is 0 Å². The first kappa shape index (κ1) is 23.5. The molecule has 1 N–H and O–H groups in total. The summed E-state index contributed by atoms with van der Waals surface area (Å²) in [6.07, 6.45) is 10.6. The van der Waals surface area contributed by atoms with Gasteiger partial charge in [0.05, 0.1) is 43.9 Å². The summed E-state index contributed by atoms with van der Waals surface area (Å²) in [7, 11) is 0.338. The van der Waals surface area contributed by atoms with Crippen molar-refractivity contribution in [3.63, 3.8) is 0 Å². The van der Waals surface area contributed by atoms with Gasteiger partial charge in [-0.2, -0.15) is 0 Å². The Morgan fingerprint density at radius 1 is 1.22 bits per heavy atom. The Kier molecular flexibility index (Phi) is 6.22. The molecule has 6 heteroatoms. The molecule has 5 fully saturated rings. The number of carbonyl (C=O) groups is 1. The summed E-state index contributed by atoms with van der Waals surface area (Å²) in [5.41, 5.74) is 1.63. The van der Waals surface area contributed by atoms with Crippen molar-refractivity contribution in [2.45, 2.75) is 94.8 Å². The normalized spacial score (nSPS) is 48.0. The molecular weight excluding hydrogens is 423 g/mol. The highest BCUT2D eigenvalue weighted by atomic mass is 31.2. The third kappa shape index (κ3) is 3.60. The van der Waals surface area contributed by atoms with Crippen LogP contribution in [0.25, 0.3) is 0 Å². The SMILES string of the molecule is COC(=O)CC[C@@H](C)C1CCC2C3C(CCC21C)[P+]1(C)CCC2(C[C@@H]1C[C@H]3O)OCCO2. The van der Waals surface area contributed by atoms with Gasteiger partial charge in [0.25, 0.3) is 0 Å². The van der Waals surface area contributed by atoms with E-state index in [1.807, 2.05) is 0 Å². The molecule has 2 saturated carbocycles. The first-order chi connectivity index (χ1) is 15.2. The Bertz CT molecular complexity index is 723. The number of aliphatic hydroxyl groups is 1. The Labute approximate surface area is 194 Å². The predicted molar refractivity (Wildman–Crippen MR) is 127 cm³/mol. The number of hydrogen-bond donors (Lipinski definition) is 1. The molecule has 0 aromatic rings. The van der Waals surface area contributed by atoms with Crippen LogP contribution in [0.1, 0.15) is 71.6 Å². The van der Waals surface area contributed by atoms with E-state index in [-0.39, 0.29) is 17.9 Å². The fraction of sp³-hybridized carbons (Fsp3) is 0.962. The van der Waals surface area contributed by atoms with E-state index in [4.69, 9.17) is 14.2 Å².